The summed E-state index contributed by atoms with van der Waals surface area (Å²) in [4.78, 5) is 30.3. The predicted octanol–water partition coefficient (Wildman–Crippen LogP) is 3.56. The van der Waals surface area contributed by atoms with Gasteiger partial charge in [0.05, 0.1) is 6.04 Å². The van der Waals surface area contributed by atoms with E-state index in [1.54, 1.807) is 18.6 Å². The number of rotatable bonds is 7. The molecule has 1 amide bonds. The van der Waals surface area contributed by atoms with Crippen LogP contribution < -0.4 is 10.6 Å². The number of nitrogens with zero attached hydrogens (tertiary/aromatic N) is 4. The van der Waals surface area contributed by atoms with Crippen LogP contribution in [0.3, 0.4) is 0 Å². The molecule has 148 valence electrons. The van der Waals surface area contributed by atoms with Gasteiger partial charge in [0.2, 0.25) is 0 Å². The van der Waals surface area contributed by atoms with Crippen LogP contribution in [-0.4, -0.2) is 32.4 Å². The van der Waals surface area contributed by atoms with Crippen LogP contribution in [0.1, 0.15) is 53.8 Å². The standard InChI is InChI=1S/C22H24N6O/c1-2-3-8-18(15-6-4-10-23-13-15)26-21-17-9-12-25-22(29)19(17)27-20(28-21)16-7-5-11-24-14-16/h4-7,10-11,13-14,18H,2-3,8-9,12H2,1H3,(H,25,29)(H,26,27,28). The van der Waals surface area contributed by atoms with E-state index in [1.807, 2.05) is 24.4 Å². The molecular weight excluding hydrogens is 364 g/mol. The topological polar surface area (TPSA) is 92.7 Å². The van der Waals surface area contributed by atoms with Crippen molar-refractivity contribution in [2.45, 2.75) is 38.6 Å². The van der Waals surface area contributed by atoms with E-state index in [0.29, 0.717) is 30.3 Å². The summed E-state index contributed by atoms with van der Waals surface area (Å²) in [6.45, 7) is 2.76. The van der Waals surface area contributed by atoms with E-state index in [0.717, 1.165) is 36.0 Å². The maximum Gasteiger partial charge on any atom is 0.270 e. The molecule has 0 aromatic carbocycles. The molecule has 4 rings (SSSR count). The molecule has 0 bridgehead atoms. The largest absolute Gasteiger partial charge is 0.363 e. The van der Waals surface area contributed by atoms with E-state index in [9.17, 15) is 4.79 Å². The maximum absolute atomic E-state index is 12.5. The van der Waals surface area contributed by atoms with Gasteiger partial charge >= 0.3 is 0 Å². The lowest BCUT2D eigenvalue weighted by Gasteiger charge is -2.24. The molecule has 4 heterocycles. The highest BCUT2D eigenvalue weighted by Crippen LogP contribution is 2.29. The fourth-order valence-corrected chi connectivity index (χ4v) is 3.51. The van der Waals surface area contributed by atoms with Gasteiger partial charge in [0.25, 0.3) is 5.91 Å². The Hall–Kier alpha value is -3.35. The van der Waals surface area contributed by atoms with Gasteiger partial charge in [-0.2, -0.15) is 0 Å². The van der Waals surface area contributed by atoms with E-state index in [-0.39, 0.29) is 11.9 Å². The lowest BCUT2D eigenvalue weighted by Crippen LogP contribution is -2.34. The number of carbonyl (C=O) groups is 1. The van der Waals surface area contributed by atoms with Crippen molar-refractivity contribution in [1.29, 1.82) is 0 Å². The Kier molecular flexibility index (Phi) is 5.74. The van der Waals surface area contributed by atoms with E-state index in [4.69, 9.17) is 4.98 Å². The number of nitrogens with one attached hydrogen (secondary N) is 2. The maximum atomic E-state index is 12.5. The number of amides is 1. The van der Waals surface area contributed by atoms with Crippen LogP contribution in [0.25, 0.3) is 11.4 Å². The number of hydrogen-bond donors (Lipinski definition) is 2. The summed E-state index contributed by atoms with van der Waals surface area (Å²) >= 11 is 0. The first-order chi connectivity index (χ1) is 14.3. The molecule has 0 spiro atoms. The van der Waals surface area contributed by atoms with E-state index < -0.39 is 0 Å². The molecule has 0 saturated carbocycles. The molecule has 7 nitrogen and oxygen atoms in total. The molecule has 1 aliphatic rings. The van der Waals surface area contributed by atoms with Crippen LogP contribution in [-0.2, 0) is 6.42 Å². The molecular formula is C22H24N6O. The quantitative estimate of drug-likeness (QED) is 0.643. The lowest BCUT2D eigenvalue weighted by atomic mass is 10.0. The van der Waals surface area contributed by atoms with Crippen molar-refractivity contribution in [1.82, 2.24) is 25.3 Å². The first kappa shape index (κ1) is 19.0. The van der Waals surface area contributed by atoms with Gasteiger partial charge in [-0.1, -0.05) is 25.8 Å². The summed E-state index contributed by atoms with van der Waals surface area (Å²) in [7, 11) is 0. The zero-order valence-corrected chi connectivity index (χ0v) is 16.4. The third-order valence-electron chi connectivity index (χ3n) is 5.05. The Morgan fingerprint density at radius 1 is 1.14 bits per heavy atom. The molecule has 1 aliphatic heterocycles. The van der Waals surface area contributed by atoms with Gasteiger partial charge in [-0.3, -0.25) is 14.8 Å². The van der Waals surface area contributed by atoms with Crippen molar-refractivity contribution in [3.05, 3.63) is 65.9 Å². The van der Waals surface area contributed by atoms with Crippen LogP contribution in [0.2, 0.25) is 0 Å². The monoisotopic (exact) mass is 388 g/mol. The normalized spacial score (nSPS) is 14.0. The molecule has 0 radical (unpaired) electrons. The number of fused-ring (bicyclic) bond motifs is 1. The average molecular weight is 388 g/mol. The SMILES string of the molecule is CCCCC(Nc1nc(-c2cccnc2)nc2c1CCNC2=O)c1cccnc1. The van der Waals surface area contributed by atoms with Crippen LogP contribution in [0.4, 0.5) is 5.82 Å². The lowest BCUT2D eigenvalue weighted by molar-refractivity contribution is 0.0940. The summed E-state index contributed by atoms with van der Waals surface area (Å²) in [6, 6.07) is 7.82. The molecule has 0 fully saturated rings. The van der Waals surface area contributed by atoms with E-state index >= 15 is 0 Å². The van der Waals surface area contributed by atoms with Gasteiger partial charge in [-0.25, -0.2) is 9.97 Å². The molecule has 0 aliphatic carbocycles. The highest BCUT2D eigenvalue weighted by atomic mass is 16.1. The highest BCUT2D eigenvalue weighted by Gasteiger charge is 2.25. The molecule has 0 saturated heterocycles. The van der Waals surface area contributed by atoms with E-state index in [1.165, 1.54) is 0 Å². The zero-order valence-electron chi connectivity index (χ0n) is 16.4. The molecule has 1 atom stereocenters. The summed E-state index contributed by atoms with van der Waals surface area (Å²) in [5.41, 5.74) is 3.19. The van der Waals surface area contributed by atoms with Gasteiger partial charge in [0.1, 0.15) is 11.5 Å². The number of aromatic nitrogens is 4. The fourth-order valence-electron chi connectivity index (χ4n) is 3.51. The van der Waals surface area contributed by atoms with Crippen LogP contribution in [0.5, 0.6) is 0 Å². The van der Waals surface area contributed by atoms with Gasteiger partial charge in [-0.05, 0) is 36.6 Å². The smallest absolute Gasteiger partial charge is 0.270 e. The number of unbranched alkanes of at least 4 members (excludes halogenated alkanes) is 1. The van der Waals surface area contributed by atoms with Gasteiger partial charge in [0.15, 0.2) is 5.82 Å². The van der Waals surface area contributed by atoms with Crippen molar-refractivity contribution < 1.29 is 4.79 Å². The number of pyridine rings is 2. The summed E-state index contributed by atoms with van der Waals surface area (Å²) in [5.74, 6) is 1.05. The molecule has 3 aromatic rings. The Balaban J connectivity index is 1.76. The highest BCUT2D eigenvalue weighted by molar-refractivity contribution is 5.96. The first-order valence-electron chi connectivity index (χ1n) is 10.0. The Morgan fingerprint density at radius 2 is 1.97 bits per heavy atom. The van der Waals surface area contributed by atoms with Crippen molar-refractivity contribution in [3.63, 3.8) is 0 Å². The molecule has 1 unspecified atom stereocenters. The van der Waals surface area contributed by atoms with Crippen molar-refractivity contribution in [2.24, 2.45) is 0 Å². The van der Waals surface area contributed by atoms with Crippen molar-refractivity contribution >= 4 is 11.7 Å². The van der Waals surface area contributed by atoms with E-state index in [2.05, 4.69) is 38.6 Å². The first-order valence-corrected chi connectivity index (χ1v) is 10.0. The summed E-state index contributed by atoms with van der Waals surface area (Å²) in [5, 5.41) is 6.48. The second-order valence-corrected chi connectivity index (χ2v) is 7.10. The van der Waals surface area contributed by atoms with Gasteiger partial charge in [0, 0.05) is 42.5 Å². The molecule has 29 heavy (non-hydrogen) atoms. The molecule has 7 heteroatoms. The predicted molar refractivity (Wildman–Crippen MR) is 111 cm³/mol. The Morgan fingerprint density at radius 3 is 2.69 bits per heavy atom. The van der Waals surface area contributed by atoms with Crippen LogP contribution >= 0.6 is 0 Å². The number of anilines is 1. The van der Waals surface area contributed by atoms with Gasteiger partial charge < -0.3 is 10.6 Å². The minimum atomic E-state index is -0.159. The molecule has 2 N–H and O–H groups in total. The van der Waals surface area contributed by atoms with Crippen LogP contribution in [0, 0.1) is 0 Å². The third kappa shape index (κ3) is 4.23. The second kappa shape index (κ2) is 8.77. The van der Waals surface area contributed by atoms with Crippen LogP contribution in [0.15, 0.2) is 49.1 Å². The summed E-state index contributed by atoms with van der Waals surface area (Å²) < 4.78 is 0. The third-order valence-corrected chi connectivity index (χ3v) is 5.05. The Bertz CT molecular complexity index is 977. The van der Waals surface area contributed by atoms with Crippen molar-refractivity contribution in [2.75, 3.05) is 11.9 Å². The van der Waals surface area contributed by atoms with Gasteiger partial charge in [-0.15, -0.1) is 0 Å². The zero-order chi connectivity index (χ0) is 20.1. The summed E-state index contributed by atoms with van der Waals surface area (Å²) in [6.07, 6.45) is 10.9. The minimum absolute atomic E-state index is 0.0642. The van der Waals surface area contributed by atoms with Crippen molar-refractivity contribution in [3.8, 4) is 11.4 Å². The number of hydrogen-bond acceptors (Lipinski definition) is 6. The number of carbonyl (C=O) groups excluding carboxylic acids is 1. The minimum Gasteiger partial charge on any atom is -0.363 e. The Labute approximate surface area is 170 Å². The fraction of sp³-hybridized carbons (Fsp3) is 0.318. The molecule has 3 aromatic heterocycles. The second-order valence-electron chi connectivity index (χ2n) is 7.10. The average Bonchev–Trinajstić information content (AvgIpc) is 2.78.